The Morgan fingerprint density at radius 1 is 1.04 bits per heavy atom. The third-order valence-electron chi connectivity index (χ3n) is 7.49. The number of hydrogen-bond donors (Lipinski definition) is 0. The van der Waals surface area contributed by atoms with Crippen LogP contribution < -0.4 is 14.4 Å². The number of anilines is 1. The Bertz CT molecular complexity index is 1630. The van der Waals surface area contributed by atoms with Crippen molar-refractivity contribution in [3.63, 3.8) is 0 Å². The van der Waals surface area contributed by atoms with E-state index < -0.39 is 16.1 Å². The van der Waals surface area contributed by atoms with E-state index in [4.69, 9.17) is 9.47 Å². The lowest BCUT2D eigenvalue weighted by Crippen LogP contribution is -2.51. The van der Waals surface area contributed by atoms with Crippen LogP contribution in [0.4, 0.5) is 16.2 Å². The van der Waals surface area contributed by atoms with Crippen LogP contribution in [0.5, 0.6) is 11.5 Å². The number of carbonyl (C=O) groups excluding carboxylic acids is 3. The summed E-state index contributed by atoms with van der Waals surface area (Å²) in [6.07, 6.45) is 3.74. The van der Waals surface area contributed by atoms with E-state index >= 15 is 0 Å². The zero-order valence-corrected chi connectivity index (χ0v) is 25.5. The molecule has 11 nitrogen and oxygen atoms in total. The number of nitrogens with zero attached hydrogens (tertiary/aromatic N) is 4. The van der Waals surface area contributed by atoms with Crippen LogP contribution in [0, 0.1) is 10.1 Å². The van der Waals surface area contributed by atoms with Gasteiger partial charge in [-0.2, -0.15) is 0 Å². The number of non-ortho nitro benzene ring substituents is 1. The van der Waals surface area contributed by atoms with E-state index in [0.717, 1.165) is 33.5 Å². The summed E-state index contributed by atoms with van der Waals surface area (Å²) in [6, 6.07) is 19.6. The Morgan fingerprint density at radius 2 is 1.76 bits per heavy atom. The van der Waals surface area contributed by atoms with Crippen LogP contribution in [0.25, 0.3) is 6.08 Å². The van der Waals surface area contributed by atoms with E-state index in [-0.39, 0.29) is 29.7 Å². The molecule has 2 aliphatic heterocycles. The van der Waals surface area contributed by atoms with Gasteiger partial charge in [-0.3, -0.25) is 29.4 Å². The van der Waals surface area contributed by atoms with Crippen LogP contribution >= 0.6 is 11.8 Å². The van der Waals surface area contributed by atoms with Crippen molar-refractivity contribution in [2.45, 2.75) is 13.0 Å². The van der Waals surface area contributed by atoms with E-state index in [1.807, 2.05) is 36.4 Å². The maximum atomic E-state index is 13.3. The fraction of sp³-hybridized carbons (Fsp3) is 0.242. The molecule has 45 heavy (non-hydrogen) atoms. The number of benzene rings is 3. The number of imide groups is 1. The number of nitro groups is 1. The molecule has 0 spiro atoms. The van der Waals surface area contributed by atoms with Crippen molar-refractivity contribution in [3.8, 4) is 11.5 Å². The number of rotatable bonds is 11. The molecule has 0 saturated carbocycles. The zero-order chi connectivity index (χ0) is 31.9. The van der Waals surface area contributed by atoms with Crippen LogP contribution in [0.1, 0.15) is 16.7 Å². The molecule has 2 fully saturated rings. The van der Waals surface area contributed by atoms with E-state index in [1.165, 1.54) is 19.2 Å². The SMILES string of the molecule is C=CCc1cc(/C=C2/SC(=O)N(CC(=O)N3CCN(c4ccccc4)CC3)C2=O)cc(OC)c1OCc1ccc([N+](=O)[O-])cc1. The number of thioether (sulfide) groups is 1. The monoisotopic (exact) mass is 628 g/mol. The number of ether oxygens (including phenoxy) is 2. The molecule has 3 amide bonds. The zero-order valence-electron chi connectivity index (χ0n) is 24.7. The van der Waals surface area contributed by atoms with Gasteiger partial charge in [0.05, 0.1) is 16.9 Å². The lowest BCUT2D eigenvalue weighted by Gasteiger charge is -2.36. The van der Waals surface area contributed by atoms with Crippen molar-refractivity contribution in [2.24, 2.45) is 0 Å². The molecule has 5 rings (SSSR count). The molecule has 2 aliphatic rings. The second-order valence-electron chi connectivity index (χ2n) is 10.4. The predicted molar refractivity (Wildman–Crippen MR) is 172 cm³/mol. The van der Waals surface area contributed by atoms with Gasteiger partial charge in [0, 0.05) is 49.6 Å². The first kappa shape index (κ1) is 31.3. The third kappa shape index (κ3) is 7.35. The molecule has 232 valence electrons. The first-order valence-electron chi connectivity index (χ1n) is 14.3. The lowest BCUT2D eigenvalue weighted by molar-refractivity contribution is -0.384. The molecule has 12 heteroatoms. The molecule has 2 heterocycles. The Balaban J connectivity index is 1.26. The van der Waals surface area contributed by atoms with Gasteiger partial charge in [0.25, 0.3) is 16.8 Å². The third-order valence-corrected chi connectivity index (χ3v) is 8.39. The number of allylic oxidation sites excluding steroid dienone is 1. The minimum absolute atomic E-state index is 0.0107. The molecule has 3 aromatic carbocycles. The molecule has 0 aromatic heterocycles. The lowest BCUT2D eigenvalue weighted by atomic mass is 10.0. The average Bonchev–Trinajstić information content (AvgIpc) is 3.31. The van der Waals surface area contributed by atoms with Gasteiger partial charge in [-0.05, 0) is 71.8 Å². The number of nitro benzene ring substituents is 1. The standard InChI is InChI=1S/C33H32N4O7S/c1-3-7-25-18-24(19-28(43-2)31(25)44-22-23-10-12-27(13-11-23)37(41)42)20-29-32(39)36(33(40)45-29)21-30(38)35-16-14-34(15-17-35)26-8-5-4-6-9-26/h3-6,8-13,18-20H,1,7,14-17,21-22H2,2H3/b29-20+. The van der Waals surface area contributed by atoms with E-state index in [1.54, 1.807) is 35.3 Å². The molecule has 0 aliphatic carbocycles. The Labute approximate surface area is 264 Å². The van der Waals surface area contributed by atoms with Crippen LogP contribution in [0.2, 0.25) is 0 Å². The summed E-state index contributed by atoms with van der Waals surface area (Å²) in [7, 11) is 1.49. The van der Waals surface area contributed by atoms with Crippen molar-refractivity contribution in [1.29, 1.82) is 0 Å². The van der Waals surface area contributed by atoms with Gasteiger partial charge in [0.15, 0.2) is 11.5 Å². The Hall–Kier alpha value is -5.10. The topological polar surface area (TPSA) is 123 Å². The Morgan fingerprint density at radius 3 is 2.40 bits per heavy atom. The van der Waals surface area contributed by atoms with Gasteiger partial charge in [-0.25, -0.2) is 0 Å². The number of methoxy groups -OCH3 is 1. The van der Waals surface area contributed by atoms with Crippen molar-refractivity contribution >= 4 is 46.3 Å². The molecule has 0 N–H and O–H groups in total. The fourth-order valence-electron chi connectivity index (χ4n) is 5.13. The summed E-state index contributed by atoms with van der Waals surface area (Å²) in [4.78, 5) is 54.7. The highest BCUT2D eigenvalue weighted by Gasteiger charge is 2.37. The van der Waals surface area contributed by atoms with Crippen molar-refractivity contribution in [1.82, 2.24) is 9.80 Å². The van der Waals surface area contributed by atoms with Crippen LogP contribution in [0.15, 0.2) is 84.3 Å². The normalized spacial score (nSPS) is 15.8. The fourth-order valence-corrected chi connectivity index (χ4v) is 5.97. The summed E-state index contributed by atoms with van der Waals surface area (Å²) >= 11 is 0.790. The summed E-state index contributed by atoms with van der Waals surface area (Å²) in [5.41, 5.74) is 3.17. The molecule has 0 radical (unpaired) electrons. The summed E-state index contributed by atoms with van der Waals surface area (Å²) in [6.45, 7) is 6.00. The van der Waals surface area contributed by atoms with Crippen LogP contribution in [0.3, 0.4) is 0 Å². The van der Waals surface area contributed by atoms with Gasteiger partial charge in [-0.15, -0.1) is 6.58 Å². The quantitative estimate of drug-likeness (QED) is 0.121. The highest BCUT2D eigenvalue weighted by Crippen LogP contribution is 2.37. The van der Waals surface area contributed by atoms with E-state index in [9.17, 15) is 24.5 Å². The van der Waals surface area contributed by atoms with Gasteiger partial charge in [-0.1, -0.05) is 24.3 Å². The largest absolute Gasteiger partial charge is 0.493 e. The van der Waals surface area contributed by atoms with Gasteiger partial charge in [0.2, 0.25) is 5.91 Å². The summed E-state index contributed by atoms with van der Waals surface area (Å²) in [5.74, 6) is 0.0882. The highest BCUT2D eigenvalue weighted by atomic mass is 32.2. The highest BCUT2D eigenvalue weighted by molar-refractivity contribution is 8.18. The predicted octanol–water partition coefficient (Wildman–Crippen LogP) is 5.30. The number of amides is 3. The van der Waals surface area contributed by atoms with Crippen molar-refractivity contribution < 1.29 is 28.8 Å². The second-order valence-corrected chi connectivity index (χ2v) is 11.4. The molecule has 2 saturated heterocycles. The van der Waals surface area contributed by atoms with Crippen molar-refractivity contribution in [3.05, 3.63) is 111 Å². The number of piperazine rings is 1. The number of hydrogen-bond acceptors (Lipinski definition) is 9. The molecular formula is C33H32N4O7S. The van der Waals surface area contributed by atoms with E-state index in [0.29, 0.717) is 49.7 Å². The molecule has 0 atom stereocenters. The number of para-hydroxylation sites is 1. The summed E-state index contributed by atoms with van der Waals surface area (Å²) in [5, 5.41) is 10.5. The average molecular weight is 629 g/mol. The molecule has 3 aromatic rings. The smallest absolute Gasteiger partial charge is 0.294 e. The van der Waals surface area contributed by atoms with Gasteiger partial charge in [0.1, 0.15) is 13.2 Å². The Kier molecular flexibility index (Phi) is 9.83. The van der Waals surface area contributed by atoms with Gasteiger partial charge < -0.3 is 19.3 Å². The number of carbonyl (C=O) groups is 3. The maximum Gasteiger partial charge on any atom is 0.294 e. The maximum absolute atomic E-state index is 13.3. The summed E-state index contributed by atoms with van der Waals surface area (Å²) < 4.78 is 11.7. The second kappa shape index (κ2) is 14.1. The minimum atomic E-state index is -0.524. The molecule has 0 unspecified atom stereocenters. The molecule has 0 bridgehead atoms. The minimum Gasteiger partial charge on any atom is -0.493 e. The first-order chi connectivity index (χ1) is 21.8. The molecular weight excluding hydrogens is 596 g/mol. The van der Waals surface area contributed by atoms with E-state index in [2.05, 4.69) is 11.5 Å². The first-order valence-corrected chi connectivity index (χ1v) is 15.1. The van der Waals surface area contributed by atoms with Crippen LogP contribution in [-0.4, -0.2) is 71.6 Å². The van der Waals surface area contributed by atoms with Gasteiger partial charge >= 0.3 is 0 Å². The van der Waals surface area contributed by atoms with Crippen LogP contribution in [-0.2, 0) is 22.6 Å². The van der Waals surface area contributed by atoms with Crippen molar-refractivity contribution in [2.75, 3.05) is 44.7 Å².